The van der Waals surface area contributed by atoms with Crippen molar-refractivity contribution in [3.8, 4) is 0 Å². The molecule has 2 aliphatic rings. The van der Waals surface area contributed by atoms with Crippen LogP contribution in [0.5, 0.6) is 0 Å². The molecule has 5 nitrogen and oxygen atoms in total. The summed E-state index contributed by atoms with van der Waals surface area (Å²) in [6.45, 7) is 2.30. The van der Waals surface area contributed by atoms with Crippen LogP contribution in [0.2, 0.25) is 0 Å². The van der Waals surface area contributed by atoms with Gasteiger partial charge in [-0.05, 0) is 37.7 Å². The van der Waals surface area contributed by atoms with Crippen LogP contribution in [0.1, 0.15) is 42.2 Å². The molecular weight excluding hydrogens is 242 g/mol. The molecule has 19 heavy (non-hydrogen) atoms. The van der Waals surface area contributed by atoms with Gasteiger partial charge in [-0.25, -0.2) is 0 Å². The minimum absolute atomic E-state index is 0.0193. The summed E-state index contributed by atoms with van der Waals surface area (Å²) in [4.78, 5) is 12.2. The highest BCUT2D eigenvalue weighted by Crippen LogP contribution is 2.37. The van der Waals surface area contributed by atoms with Crippen LogP contribution in [-0.4, -0.2) is 30.2 Å². The SMILES string of the molecule is Nc1cc(C(=O)NCC2CCCOC2)n(C2CC2)c1. The maximum atomic E-state index is 12.2. The zero-order valence-corrected chi connectivity index (χ0v) is 11.1. The van der Waals surface area contributed by atoms with Crippen molar-refractivity contribution in [2.45, 2.75) is 31.7 Å². The molecule has 1 unspecified atom stereocenters. The highest BCUT2D eigenvalue weighted by Gasteiger charge is 2.28. The van der Waals surface area contributed by atoms with Crippen LogP contribution in [0, 0.1) is 5.92 Å². The first-order valence-corrected chi connectivity index (χ1v) is 7.07. The fourth-order valence-electron chi connectivity index (χ4n) is 2.63. The Morgan fingerprint density at radius 2 is 2.32 bits per heavy atom. The largest absolute Gasteiger partial charge is 0.397 e. The molecule has 1 aliphatic heterocycles. The number of nitrogens with zero attached hydrogens (tertiary/aromatic N) is 1. The topological polar surface area (TPSA) is 69.3 Å². The normalized spacial score (nSPS) is 23.3. The molecule has 0 bridgehead atoms. The van der Waals surface area contributed by atoms with Gasteiger partial charge in [0.25, 0.3) is 5.91 Å². The second kappa shape index (κ2) is 5.25. The first-order chi connectivity index (χ1) is 9.24. The number of rotatable bonds is 4. The van der Waals surface area contributed by atoms with Crippen molar-refractivity contribution in [1.29, 1.82) is 0 Å². The summed E-state index contributed by atoms with van der Waals surface area (Å²) >= 11 is 0. The zero-order valence-electron chi connectivity index (χ0n) is 11.1. The number of carbonyl (C=O) groups is 1. The van der Waals surface area contributed by atoms with E-state index in [-0.39, 0.29) is 5.91 Å². The van der Waals surface area contributed by atoms with E-state index in [1.54, 1.807) is 6.07 Å². The third kappa shape index (κ3) is 2.92. The third-order valence-electron chi connectivity index (χ3n) is 3.85. The average molecular weight is 263 g/mol. The van der Waals surface area contributed by atoms with Crippen LogP contribution in [-0.2, 0) is 4.74 Å². The van der Waals surface area contributed by atoms with Crippen molar-refractivity contribution < 1.29 is 9.53 Å². The minimum atomic E-state index is -0.0193. The Morgan fingerprint density at radius 3 is 3.00 bits per heavy atom. The highest BCUT2D eigenvalue weighted by atomic mass is 16.5. The molecule has 3 N–H and O–H groups in total. The molecule has 1 aromatic heterocycles. The van der Waals surface area contributed by atoms with E-state index in [9.17, 15) is 4.79 Å². The van der Waals surface area contributed by atoms with Crippen LogP contribution < -0.4 is 11.1 Å². The van der Waals surface area contributed by atoms with Gasteiger partial charge in [0, 0.05) is 25.4 Å². The lowest BCUT2D eigenvalue weighted by molar-refractivity contribution is 0.0535. The van der Waals surface area contributed by atoms with E-state index in [0.717, 1.165) is 38.9 Å². The number of anilines is 1. The number of nitrogens with two attached hydrogens (primary N) is 1. The predicted molar refractivity (Wildman–Crippen MR) is 73.0 cm³/mol. The Morgan fingerprint density at radius 1 is 1.47 bits per heavy atom. The molecule has 104 valence electrons. The van der Waals surface area contributed by atoms with Crippen molar-refractivity contribution in [1.82, 2.24) is 9.88 Å². The van der Waals surface area contributed by atoms with E-state index >= 15 is 0 Å². The minimum Gasteiger partial charge on any atom is -0.397 e. The van der Waals surface area contributed by atoms with Crippen LogP contribution >= 0.6 is 0 Å². The highest BCUT2D eigenvalue weighted by molar-refractivity contribution is 5.93. The molecule has 2 fully saturated rings. The zero-order chi connectivity index (χ0) is 13.2. The van der Waals surface area contributed by atoms with Gasteiger partial charge in [-0.15, -0.1) is 0 Å². The molecule has 1 aliphatic carbocycles. The molecule has 1 amide bonds. The van der Waals surface area contributed by atoms with Gasteiger partial charge < -0.3 is 20.4 Å². The van der Waals surface area contributed by atoms with Gasteiger partial charge in [0.15, 0.2) is 0 Å². The summed E-state index contributed by atoms with van der Waals surface area (Å²) in [6, 6.07) is 2.24. The molecule has 1 saturated heterocycles. The molecule has 1 atom stereocenters. The molecule has 3 rings (SSSR count). The summed E-state index contributed by atoms with van der Waals surface area (Å²) in [5.41, 5.74) is 7.16. The fourth-order valence-corrected chi connectivity index (χ4v) is 2.63. The van der Waals surface area contributed by atoms with E-state index in [1.165, 1.54) is 0 Å². The lowest BCUT2D eigenvalue weighted by Gasteiger charge is -2.22. The molecule has 1 saturated carbocycles. The Bertz CT molecular complexity index is 459. The van der Waals surface area contributed by atoms with Gasteiger partial charge in [0.05, 0.1) is 12.3 Å². The van der Waals surface area contributed by atoms with Gasteiger partial charge >= 0.3 is 0 Å². The Kier molecular flexibility index (Phi) is 3.46. The quantitative estimate of drug-likeness (QED) is 0.866. The predicted octanol–water partition coefficient (Wildman–Crippen LogP) is 1.56. The number of hydrogen-bond acceptors (Lipinski definition) is 3. The van der Waals surface area contributed by atoms with E-state index in [2.05, 4.69) is 5.32 Å². The van der Waals surface area contributed by atoms with E-state index in [4.69, 9.17) is 10.5 Å². The monoisotopic (exact) mass is 263 g/mol. The van der Waals surface area contributed by atoms with Gasteiger partial charge in [-0.1, -0.05) is 0 Å². The number of nitrogens with one attached hydrogen (secondary N) is 1. The van der Waals surface area contributed by atoms with Gasteiger partial charge in [-0.3, -0.25) is 4.79 Å². The van der Waals surface area contributed by atoms with Crippen molar-refractivity contribution in [2.75, 3.05) is 25.5 Å². The number of ether oxygens (including phenoxy) is 1. The Balaban J connectivity index is 1.60. The average Bonchev–Trinajstić information content (AvgIpc) is 3.20. The molecule has 0 aromatic carbocycles. The first-order valence-electron chi connectivity index (χ1n) is 7.07. The van der Waals surface area contributed by atoms with Crippen LogP contribution in [0.4, 0.5) is 5.69 Å². The van der Waals surface area contributed by atoms with E-state index < -0.39 is 0 Å². The standard InChI is InChI=1S/C14H21N3O2/c15-11-6-13(17(8-11)12-3-4-12)14(18)16-7-10-2-1-5-19-9-10/h6,8,10,12H,1-5,7,9,15H2,(H,16,18). The van der Waals surface area contributed by atoms with Gasteiger partial charge in [0.2, 0.25) is 0 Å². The lowest BCUT2D eigenvalue weighted by Crippen LogP contribution is -2.34. The van der Waals surface area contributed by atoms with E-state index in [0.29, 0.717) is 29.9 Å². The van der Waals surface area contributed by atoms with Crippen LogP contribution in [0.15, 0.2) is 12.3 Å². The summed E-state index contributed by atoms with van der Waals surface area (Å²) in [7, 11) is 0. The molecular formula is C14H21N3O2. The summed E-state index contributed by atoms with van der Waals surface area (Å²) in [5.74, 6) is 0.425. The smallest absolute Gasteiger partial charge is 0.268 e. The summed E-state index contributed by atoms with van der Waals surface area (Å²) in [6.07, 6.45) is 6.38. The van der Waals surface area contributed by atoms with Crippen molar-refractivity contribution in [3.63, 3.8) is 0 Å². The molecule has 0 radical (unpaired) electrons. The molecule has 0 spiro atoms. The number of amides is 1. The second-order valence-electron chi connectivity index (χ2n) is 5.59. The van der Waals surface area contributed by atoms with Crippen LogP contribution in [0.3, 0.4) is 0 Å². The third-order valence-corrected chi connectivity index (χ3v) is 3.85. The maximum Gasteiger partial charge on any atom is 0.268 e. The number of carbonyl (C=O) groups excluding carboxylic acids is 1. The maximum absolute atomic E-state index is 12.2. The Hall–Kier alpha value is -1.49. The summed E-state index contributed by atoms with van der Waals surface area (Å²) < 4.78 is 7.44. The summed E-state index contributed by atoms with van der Waals surface area (Å²) in [5, 5.41) is 3.01. The second-order valence-corrected chi connectivity index (χ2v) is 5.59. The first kappa shape index (κ1) is 12.5. The van der Waals surface area contributed by atoms with Crippen molar-refractivity contribution in [2.24, 2.45) is 5.92 Å². The van der Waals surface area contributed by atoms with Crippen LogP contribution in [0.25, 0.3) is 0 Å². The Labute approximate surface area is 113 Å². The van der Waals surface area contributed by atoms with E-state index in [1.807, 2.05) is 10.8 Å². The number of hydrogen-bond donors (Lipinski definition) is 2. The van der Waals surface area contributed by atoms with Crippen molar-refractivity contribution in [3.05, 3.63) is 18.0 Å². The fraction of sp³-hybridized carbons (Fsp3) is 0.643. The number of nitrogen functional groups attached to an aromatic ring is 1. The van der Waals surface area contributed by atoms with Crippen molar-refractivity contribution >= 4 is 11.6 Å². The molecule has 5 heteroatoms. The number of aromatic nitrogens is 1. The molecule has 1 aromatic rings. The lowest BCUT2D eigenvalue weighted by atomic mass is 10.0. The van der Waals surface area contributed by atoms with Gasteiger partial charge in [0.1, 0.15) is 5.69 Å². The van der Waals surface area contributed by atoms with Gasteiger partial charge in [-0.2, -0.15) is 0 Å². The molecule has 2 heterocycles.